The molecule has 0 saturated carbocycles. The molecule has 0 bridgehead atoms. The van der Waals surface area contributed by atoms with Crippen LogP contribution >= 0.6 is 0 Å². The lowest BCUT2D eigenvalue weighted by Gasteiger charge is -2.41. The average Bonchev–Trinajstić information content (AvgIpc) is 3.76. The summed E-state index contributed by atoms with van der Waals surface area (Å²) in [7, 11) is 6.70. The number of ether oxygens (including phenoxy) is 2. The van der Waals surface area contributed by atoms with Crippen LogP contribution in [-0.4, -0.2) is 133 Å². The number of carbonyl (C=O) groups is 5. The number of carbonyl (C=O) groups excluding carboxylic acids is 4. The minimum atomic E-state index is -1.14. The van der Waals surface area contributed by atoms with Crippen LogP contribution in [0.25, 0.3) is 0 Å². The molecule has 4 amide bonds. The molecule has 2 heterocycles. The van der Waals surface area contributed by atoms with Crippen LogP contribution in [0.4, 0.5) is 0 Å². The number of rotatable bonds is 19. The molecule has 1 unspecified atom stereocenters. The molecule has 0 spiro atoms. The minimum Gasteiger partial charge on any atom is -0.480 e. The Morgan fingerprint density at radius 1 is 1.00 bits per heavy atom. The number of nitrogens with zero attached hydrogens (tertiary/aromatic N) is 3. The Labute approximate surface area is 316 Å². The summed E-state index contributed by atoms with van der Waals surface area (Å²) in [4.78, 5) is 73.0. The van der Waals surface area contributed by atoms with Crippen molar-refractivity contribution in [1.82, 2.24) is 25.3 Å². The number of methoxy groups -OCH3 is 2. The number of carboxylic acid groups (broad SMARTS) is 1. The fraction of sp³-hybridized carbons (Fsp3) is 0.725. The Morgan fingerprint density at radius 3 is 2.19 bits per heavy atom. The first-order chi connectivity index (χ1) is 25.0. The van der Waals surface area contributed by atoms with Gasteiger partial charge in [0.25, 0.3) is 0 Å². The second-order valence-electron chi connectivity index (χ2n) is 15.7. The summed E-state index contributed by atoms with van der Waals surface area (Å²) < 4.78 is 11.9. The molecule has 2 fully saturated rings. The van der Waals surface area contributed by atoms with Crippen molar-refractivity contribution in [3.63, 3.8) is 0 Å². The van der Waals surface area contributed by atoms with Crippen LogP contribution in [0.15, 0.2) is 30.3 Å². The van der Waals surface area contributed by atoms with Crippen molar-refractivity contribution in [3.05, 3.63) is 35.9 Å². The van der Waals surface area contributed by atoms with Gasteiger partial charge < -0.3 is 35.0 Å². The van der Waals surface area contributed by atoms with E-state index in [1.807, 2.05) is 76.9 Å². The van der Waals surface area contributed by atoms with Gasteiger partial charge in [-0.15, -0.1) is 0 Å². The van der Waals surface area contributed by atoms with Gasteiger partial charge in [0.15, 0.2) is 0 Å². The van der Waals surface area contributed by atoms with Gasteiger partial charge in [-0.05, 0) is 63.6 Å². The number of hydrogen-bond donors (Lipinski definition) is 3. The van der Waals surface area contributed by atoms with Crippen molar-refractivity contribution in [3.8, 4) is 0 Å². The largest absolute Gasteiger partial charge is 0.480 e. The van der Waals surface area contributed by atoms with Gasteiger partial charge in [-0.1, -0.05) is 71.4 Å². The fourth-order valence-electron chi connectivity index (χ4n) is 8.07. The number of hydrogen-bond acceptors (Lipinski definition) is 8. The molecule has 13 nitrogen and oxygen atoms in total. The molecule has 2 saturated heterocycles. The Balaban J connectivity index is 1.77. The van der Waals surface area contributed by atoms with Crippen LogP contribution in [0, 0.1) is 17.8 Å². The summed E-state index contributed by atoms with van der Waals surface area (Å²) in [6.07, 6.45) is 2.48. The first-order valence-corrected chi connectivity index (χ1v) is 19.2. The van der Waals surface area contributed by atoms with Crippen molar-refractivity contribution in [2.45, 2.75) is 128 Å². The van der Waals surface area contributed by atoms with Gasteiger partial charge in [-0.3, -0.25) is 24.1 Å². The predicted octanol–water partition coefficient (Wildman–Crippen LogP) is 3.34. The fourth-order valence-corrected chi connectivity index (χ4v) is 8.07. The van der Waals surface area contributed by atoms with Crippen LogP contribution in [0.1, 0.15) is 85.6 Å². The predicted molar refractivity (Wildman–Crippen MR) is 203 cm³/mol. The summed E-state index contributed by atoms with van der Waals surface area (Å²) in [5.74, 6) is -3.14. The van der Waals surface area contributed by atoms with E-state index in [4.69, 9.17) is 9.47 Å². The summed E-state index contributed by atoms with van der Waals surface area (Å²) >= 11 is 0. The molecule has 1 aromatic carbocycles. The Morgan fingerprint density at radius 2 is 1.66 bits per heavy atom. The highest BCUT2D eigenvalue weighted by Gasteiger charge is 2.45. The lowest BCUT2D eigenvalue weighted by atomic mass is 9.89. The smallest absolute Gasteiger partial charge is 0.326 e. The molecule has 3 N–H and O–H groups in total. The highest BCUT2D eigenvalue weighted by Crippen LogP contribution is 2.31. The van der Waals surface area contributed by atoms with E-state index in [0.29, 0.717) is 19.4 Å². The third-order valence-corrected chi connectivity index (χ3v) is 11.9. The van der Waals surface area contributed by atoms with Crippen molar-refractivity contribution in [1.29, 1.82) is 0 Å². The number of benzene rings is 1. The first-order valence-electron chi connectivity index (χ1n) is 19.2. The summed E-state index contributed by atoms with van der Waals surface area (Å²) in [6, 6.07) is 6.34. The van der Waals surface area contributed by atoms with E-state index in [1.54, 1.807) is 30.9 Å². The highest BCUT2D eigenvalue weighted by atomic mass is 16.5. The molecule has 13 heteroatoms. The van der Waals surface area contributed by atoms with Crippen LogP contribution in [0.3, 0.4) is 0 Å². The topological polar surface area (TPSA) is 158 Å². The van der Waals surface area contributed by atoms with Crippen molar-refractivity contribution in [2.24, 2.45) is 17.8 Å². The molecule has 0 radical (unpaired) electrons. The molecular formula is C40H65N5O8. The van der Waals surface area contributed by atoms with E-state index < -0.39 is 59.7 Å². The summed E-state index contributed by atoms with van der Waals surface area (Å²) in [6.45, 7) is 12.8. The Hall–Kier alpha value is -3.55. The monoisotopic (exact) mass is 743 g/mol. The van der Waals surface area contributed by atoms with Crippen molar-refractivity contribution in [2.75, 3.05) is 41.4 Å². The van der Waals surface area contributed by atoms with Crippen LogP contribution < -0.4 is 10.6 Å². The zero-order valence-electron chi connectivity index (χ0n) is 33.6. The lowest BCUT2D eigenvalue weighted by Crippen LogP contribution is -2.61. The number of aliphatic carboxylic acids is 1. The number of likely N-dealkylation sites (tertiary alicyclic amines) is 2. The van der Waals surface area contributed by atoms with Crippen molar-refractivity contribution < 1.29 is 38.6 Å². The highest BCUT2D eigenvalue weighted by molar-refractivity contribution is 5.92. The van der Waals surface area contributed by atoms with Crippen molar-refractivity contribution >= 4 is 29.6 Å². The molecule has 2 aliphatic rings. The molecule has 3 rings (SSSR count). The standard InChI is InChI=1S/C40H65N5O8/c1-11-26(4)34(44(8)37(48)33(25(2)3)42-39(51)40(6)20-16-21-43(40)7)31(52-9)24-32(46)45-22-15-19-30(45)35(53-10)27(5)36(47)41-29(38(49)50)23-28-17-13-12-14-18-28/h12-14,17-18,25-27,29-31,33-35H,11,15-16,19-24H2,1-10H3,(H,41,47)(H,42,51)(H,49,50)/t26-,27+,29-,30-,31+,33-,34-,35?,40+/m0/s1. The molecule has 298 valence electrons. The van der Waals surface area contributed by atoms with Gasteiger partial charge in [-0.25, -0.2) is 4.79 Å². The Kier molecular flexibility index (Phi) is 16.3. The van der Waals surface area contributed by atoms with Gasteiger partial charge in [0.05, 0.1) is 42.2 Å². The maximum Gasteiger partial charge on any atom is 0.326 e. The quantitative estimate of drug-likeness (QED) is 0.193. The average molecular weight is 744 g/mol. The van der Waals surface area contributed by atoms with E-state index in [-0.39, 0.29) is 42.4 Å². The zero-order valence-corrected chi connectivity index (χ0v) is 33.6. The maximum atomic E-state index is 14.2. The van der Waals surface area contributed by atoms with E-state index in [2.05, 4.69) is 10.6 Å². The number of carboxylic acids is 1. The van der Waals surface area contributed by atoms with Gasteiger partial charge in [0, 0.05) is 34.2 Å². The van der Waals surface area contributed by atoms with Gasteiger partial charge in [-0.2, -0.15) is 0 Å². The molecule has 0 aromatic heterocycles. The zero-order chi connectivity index (χ0) is 39.6. The van der Waals surface area contributed by atoms with E-state index in [1.165, 1.54) is 7.11 Å². The normalized spacial score (nSPS) is 23.1. The lowest BCUT2D eigenvalue weighted by molar-refractivity contribution is -0.148. The van der Waals surface area contributed by atoms with E-state index in [0.717, 1.165) is 31.4 Å². The second kappa shape index (κ2) is 19.7. The van der Waals surface area contributed by atoms with E-state index in [9.17, 15) is 29.1 Å². The Bertz CT molecular complexity index is 1390. The molecule has 2 aliphatic heterocycles. The third-order valence-electron chi connectivity index (χ3n) is 11.9. The molecular weight excluding hydrogens is 678 g/mol. The van der Waals surface area contributed by atoms with Crippen LogP contribution in [0.2, 0.25) is 0 Å². The van der Waals surface area contributed by atoms with Crippen LogP contribution in [-0.2, 0) is 39.9 Å². The van der Waals surface area contributed by atoms with Gasteiger partial charge in [0.2, 0.25) is 23.6 Å². The second-order valence-corrected chi connectivity index (χ2v) is 15.7. The summed E-state index contributed by atoms with van der Waals surface area (Å²) in [5.41, 5.74) is 0.101. The maximum absolute atomic E-state index is 14.2. The number of amides is 4. The molecule has 0 aliphatic carbocycles. The SMILES string of the molecule is CC[C@H](C)[C@@H]([C@@H](CC(=O)N1CCC[C@H]1C(OC)[C@@H](C)C(=O)N[C@@H](Cc1ccccc1)C(=O)O)OC)N(C)C(=O)[C@@H](NC(=O)[C@@]1(C)CCCN1C)C(C)C. The molecule has 1 aromatic rings. The first kappa shape index (κ1) is 43.9. The van der Waals surface area contributed by atoms with E-state index >= 15 is 0 Å². The summed E-state index contributed by atoms with van der Waals surface area (Å²) in [5, 5.41) is 15.6. The minimum absolute atomic E-state index is 0.00360. The number of likely N-dealkylation sites (N-methyl/N-ethyl adjacent to an activating group) is 2. The molecule has 53 heavy (non-hydrogen) atoms. The number of nitrogens with one attached hydrogen (secondary N) is 2. The van der Waals surface area contributed by atoms with Crippen LogP contribution in [0.5, 0.6) is 0 Å². The van der Waals surface area contributed by atoms with Gasteiger partial charge in [0.1, 0.15) is 12.1 Å². The van der Waals surface area contributed by atoms with Gasteiger partial charge >= 0.3 is 5.97 Å². The third kappa shape index (κ3) is 10.6. The molecule has 9 atom stereocenters.